The summed E-state index contributed by atoms with van der Waals surface area (Å²) in [5.41, 5.74) is 0. The number of rotatable bonds is 51. The van der Waals surface area contributed by atoms with Gasteiger partial charge in [-0.25, -0.2) is 0 Å². The molecule has 0 N–H and O–H groups in total. The topological polar surface area (TPSA) is 78.9 Å². The van der Waals surface area contributed by atoms with Crippen LogP contribution < -0.4 is 0 Å². The van der Waals surface area contributed by atoms with Gasteiger partial charge in [-0.3, -0.25) is 14.4 Å². The summed E-state index contributed by atoms with van der Waals surface area (Å²) in [5.74, 6) is -0.907. The van der Waals surface area contributed by atoms with Gasteiger partial charge in [-0.2, -0.15) is 0 Å². The van der Waals surface area contributed by atoms with Gasteiger partial charge in [0.1, 0.15) is 13.2 Å². The zero-order chi connectivity index (χ0) is 50.0. The number of ether oxygens (including phenoxy) is 3. The second-order valence-electron chi connectivity index (χ2n) is 18.8. The van der Waals surface area contributed by atoms with E-state index in [4.69, 9.17) is 14.2 Å². The first kappa shape index (κ1) is 65.3. The van der Waals surface area contributed by atoms with E-state index in [0.717, 1.165) is 116 Å². The molecule has 0 amide bonds. The molecule has 0 fully saturated rings. The van der Waals surface area contributed by atoms with Crippen LogP contribution in [0.2, 0.25) is 0 Å². The Hall–Kier alpha value is -3.67. The molecule has 6 heteroatoms. The minimum absolute atomic E-state index is 0.0821. The minimum Gasteiger partial charge on any atom is -0.462 e. The molecule has 69 heavy (non-hydrogen) atoms. The number of hydrogen-bond acceptors (Lipinski definition) is 6. The lowest BCUT2D eigenvalue weighted by atomic mass is 10.1. The molecule has 0 spiro atoms. The fraction of sp³-hybridized carbons (Fsp3) is 0.698. The summed E-state index contributed by atoms with van der Waals surface area (Å²) >= 11 is 0. The molecule has 0 aliphatic heterocycles. The predicted octanol–water partition coefficient (Wildman–Crippen LogP) is 19.3. The number of carbonyl (C=O) groups is 3. The summed E-state index contributed by atoms with van der Waals surface area (Å²) in [7, 11) is 0. The average molecular weight is 960 g/mol. The summed E-state index contributed by atoms with van der Waals surface area (Å²) in [4.78, 5) is 37.8. The first-order chi connectivity index (χ1) is 34.0. The van der Waals surface area contributed by atoms with E-state index >= 15 is 0 Å². The van der Waals surface area contributed by atoms with E-state index in [1.165, 1.54) is 109 Å². The van der Waals surface area contributed by atoms with Gasteiger partial charge in [0.2, 0.25) is 0 Å². The highest BCUT2D eigenvalue weighted by Gasteiger charge is 2.19. The van der Waals surface area contributed by atoms with Gasteiger partial charge >= 0.3 is 17.9 Å². The predicted molar refractivity (Wildman–Crippen MR) is 297 cm³/mol. The number of unbranched alkanes of at least 4 members (excludes halogenated alkanes) is 24. The second-order valence-corrected chi connectivity index (χ2v) is 18.8. The lowest BCUT2D eigenvalue weighted by molar-refractivity contribution is -0.167. The zero-order valence-corrected chi connectivity index (χ0v) is 45.0. The Morgan fingerprint density at radius 3 is 0.913 bits per heavy atom. The fourth-order valence-corrected chi connectivity index (χ4v) is 7.77. The Labute approximate surface area is 426 Å². The second kappa shape index (κ2) is 56.9. The summed E-state index contributed by atoms with van der Waals surface area (Å²) in [5, 5.41) is 0. The van der Waals surface area contributed by atoms with Crippen LogP contribution in [0.1, 0.15) is 265 Å². The molecule has 0 bridgehead atoms. The average Bonchev–Trinajstić information content (AvgIpc) is 3.35. The lowest BCUT2D eigenvalue weighted by Crippen LogP contribution is -2.30. The Kier molecular flexibility index (Phi) is 53.9. The molecule has 0 aliphatic carbocycles. The maximum Gasteiger partial charge on any atom is 0.306 e. The first-order valence-electron chi connectivity index (χ1n) is 28.7. The third kappa shape index (κ3) is 55.1. The zero-order valence-electron chi connectivity index (χ0n) is 45.0. The van der Waals surface area contributed by atoms with Crippen LogP contribution in [0.3, 0.4) is 0 Å². The normalized spacial score (nSPS) is 12.8. The number of esters is 3. The molecule has 1 unspecified atom stereocenters. The molecule has 0 rings (SSSR count). The van der Waals surface area contributed by atoms with Crippen molar-refractivity contribution in [3.05, 3.63) is 97.2 Å². The van der Waals surface area contributed by atoms with Gasteiger partial charge in [0.25, 0.3) is 0 Å². The maximum absolute atomic E-state index is 12.8. The van der Waals surface area contributed by atoms with E-state index in [1.54, 1.807) is 0 Å². The molecule has 394 valence electrons. The molecule has 1 atom stereocenters. The monoisotopic (exact) mass is 959 g/mol. The molecular weight excluding hydrogens is 853 g/mol. The van der Waals surface area contributed by atoms with Crippen molar-refractivity contribution in [3.8, 4) is 0 Å². The molecule has 0 aromatic carbocycles. The van der Waals surface area contributed by atoms with Crippen molar-refractivity contribution in [2.75, 3.05) is 13.2 Å². The third-order valence-electron chi connectivity index (χ3n) is 12.1. The summed E-state index contributed by atoms with van der Waals surface area (Å²) in [6, 6.07) is 0. The van der Waals surface area contributed by atoms with E-state index in [9.17, 15) is 14.4 Å². The number of hydrogen-bond donors (Lipinski definition) is 0. The van der Waals surface area contributed by atoms with E-state index < -0.39 is 6.10 Å². The molecule has 0 aromatic heterocycles. The molecule has 0 aliphatic rings. The van der Waals surface area contributed by atoms with Crippen LogP contribution in [-0.2, 0) is 28.6 Å². The van der Waals surface area contributed by atoms with Gasteiger partial charge in [-0.05, 0) is 103 Å². The van der Waals surface area contributed by atoms with Crippen LogP contribution in [0.25, 0.3) is 0 Å². The minimum atomic E-state index is -0.780. The van der Waals surface area contributed by atoms with Crippen molar-refractivity contribution >= 4 is 17.9 Å². The highest BCUT2D eigenvalue weighted by Crippen LogP contribution is 2.15. The van der Waals surface area contributed by atoms with Gasteiger partial charge in [0.05, 0.1) is 0 Å². The SMILES string of the molecule is CC/C=C\C/C=C\C/C=C\C/C=C\C/C=C\C/C=C\CCCCCCCCCCCCC(=O)OCC(COC(=O)CCCCCCC)OC(=O)CCCCCCCCC/C=C\C/C=C\CCCCC. The molecular formula is C63H106O6. The van der Waals surface area contributed by atoms with Crippen LogP contribution in [0.4, 0.5) is 0 Å². The quantitative estimate of drug-likeness (QED) is 0.0262. The third-order valence-corrected chi connectivity index (χ3v) is 12.1. The van der Waals surface area contributed by atoms with Crippen LogP contribution in [0.5, 0.6) is 0 Å². The van der Waals surface area contributed by atoms with Crippen molar-refractivity contribution in [2.45, 2.75) is 271 Å². The Bertz CT molecular complexity index is 1380. The smallest absolute Gasteiger partial charge is 0.306 e. The van der Waals surface area contributed by atoms with Gasteiger partial charge in [0.15, 0.2) is 6.10 Å². The summed E-state index contributed by atoms with van der Waals surface area (Å²) in [6.45, 7) is 6.41. The molecule has 6 nitrogen and oxygen atoms in total. The Balaban J connectivity index is 4.09. The van der Waals surface area contributed by atoms with Crippen LogP contribution in [0, 0.1) is 0 Å². The Morgan fingerprint density at radius 2 is 0.565 bits per heavy atom. The Morgan fingerprint density at radius 1 is 0.304 bits per heavy atom. The van der Waals surface area contributed by atoms with Crippen molar-refractivity contribution in [1.29, 1.82) is 0 Å². The molecule has 0 aromatic rings. The maximum atomic E-state index is 12.8. The molecule has 0 heterocycles. The van der Waals surface area contributed by atoms with Crippen molar-refractivity contribution in [2.24, 2.45) is 0 Å². The summed E-state index contributed by atoms with van der Waals surface area (Å²) < 4.78 is 16.7. The molecule has 0 radical (unpaired) electrons. The van der Waals surface area contributed by atoms with Gasteiger partial charge in [0, 0.05) is 19.3 Å². The highest BCUT2D eigenvalue weighted by atomic mass is 16.6. The lowest BCUT2D eigenvalue weighted by Gasteiger charge is -2.18. The largest absolute Gasteiger partial charge is 0.462 e. The highest BCUT2D eigenvalue weighted by molar-refractivity contribution is 5.71. The van der Waals surface area contributed by atoms with Crippen molar-refractivity contribution in [3.63, 3.8) is 0 Å². The number of carbonyl (C=O) groups excluding carboxylic acids is 3. The molecule has 0 saturated carbocycles. The molecule has 0 saturated heterocycles. The first-order valence-corrected chi connectivity index (χ1v) is 28.7. The van der Waals surface area contributed by atoms with Crippen molar-refractivity contribution in [1.82, 2.24) is 0 Å². The van der Waals surface area contributed by atoms with Crippen LogP contribution in [-0.4, -0.2) is 37.2 Å². The van der Waals surface area contributed by atoms with Crippen molar-refractivity contribution < 1.29 is 28.6 Å². The number of allylic oxidation sites excluding steroid dienone is 16. The van der Waals surface area contributed by atoms with Crippen LogP contribution >= 0.6 is 0 Å². The van der Waals surface area contributed by atoms with Gasteiger partial charge < -0.3 is 14.2 Å². The standard InChI is InChI=1S/C63H106O6/c1-4-7-10-13-15-17-19-21-23-25-26-27-28-29-30-31-32-33-34-35-36-38-39-41-43-45-47-50-53-56-62(65)68-59-60(58-67-61(64)55-52-49-12-9-6-3)69-63(66)57-54-51-48-46-44-42-40-37-24-22-20-18-16-14-11-8-5-2/h7,10,15-18,21-24,26-27,29-30,32-33,60H,4-6,8-9,11-14,19-20,25,28,31,34-59H2,1-3H3/b10-7-,17-15-,18-16-,23-21-,24-22-,27-26-,30-29-,33-32-. The van der Waals surface area contributed by atoms with E-state index in [0.29, 0.717) is 19.3 Å². The van der Waals surface area contributed by atoms with E-state index in [-0.39, 0.29) is 31.1 Å². The van der Waals surface area contributed by atoms with Crippen LogP contribution in [0.15, 0.2) is 97.2 Å². The van der Waals surface area contributed by atoms with E-state index in [1.807, 2.05) is 0 Å². The van der Waals surface area contributed by atoms with E-state index in [2.05, 4.69) is 118 Å². The summed E-state index contributed by atoms with van der Waals surface area (Å²) in [6.07, 6.45) is 75.8. The van der Waals surface area contributed by atoms with Gasteiger partial charge in [-0.1, -0.05) is 240 Å². The fourth-order valence-electron chi connectivity index (χ4n) is 7.77. The van der Waals surface area contributed by atoms with Gasteiger partial charge in [-0.15, -0.1) is 0 Å².